The maximum absolute atomic E-state index is 12.4. The zero-order valence-corrected chi connectivity index (χ0v) is 18.6. The van der Waals surface area contributed by atoms with Gasteiger partial charge in [0.15, 0.2) is 0 Å². The second-order valence-corrected chi connectivity index (χ2v) is 8.24. The van der Waals surface area contributed by atoms with Gasteiger partial charge in [0.1, 0.15) is 6.61 Å². The van der Waals surface area contributed by atoms with Crippen LogP contribution < -0.4 is 5.32 Å². The van der Waals surface area contributed by atoms with E-state index in [1.54, 1.807) is 0 Å². The zero-order chi connectivity index (χ0) is 22.9. The zero-order valence-electron chi connectivity index (χ0n) is 18.6. The molecule has 0 bridgehead atoms. The molecule has 168 valence electrons. The third kappa shape index (κ3) is 7.22. The molecule has 5 heteroatoms. The Morgan fingerprint density at radius 1 is 0.844 bits per heavy atom. The van der Waals surface area contributed by atoms with Crippen LogP contribution in [0, 0.1) is 13.8 Å². The number of amides is 1. The lowest BCUT2D eigenvalue weighted by molar-refractivity contribution is 0.00872. The van der Waals surface area contributed by atoms with Crippen LogP contribution in [0.1, 0.15) is 40.3 Å². The van der Waals surface area contributed by atoms with Crippen LogP contribution in [0.15, 0.2) is 78.9 Å². The van der Waals surface area contributed by atoms with E-state index >= 15 is 0 Å². The van der Waals surface area contributed by atoms with E-state index in [1.807, 2.05) is 86.6 Å². The molecular weight excluding hydrogens is 402 g/mol. The van der Waals surface area contributed by atoms with E-state index in [1.165, 1.54) is 0 Å². The van der Waals surface area contributed by atoms with Crippen LogP contribution in [0.25, 0.3) is 0 Å². The van der Waals surface area contributed by atoms with Gasteiger partial charge in [-0.25, -0.2) is 4.79 Å². The summed E-state index contributed by atoms with van der Waals surface area (Å²) in [5.74, 6) is 0. The summed E-state index contributed by atoms with van der Waals surface area (Å²) in [5.41, 5.74) is 4.93. The van der Waals surface area contributed by atoms with Crippen LogP contribution in [0.5, 0.6) is 0 Å². The molecule has 3 aromatic rings. The Morgan fingerprint density at radius 2 is 1.44 bits per heavy atom. The van der Waals surface area contributed by atoms with E-state index in [2.05, 4.69) is 11.4 Å². The van der Waals surface area contributed by atoms with Crippen molar-refractivity contribution in [3.8, 4) is 0 Å². The van der Waals surface area contributed by atoms with Crippen LogP contribution >= 0.6 is 0 Å². The van der Waals surface area contributed by atoms with Crippen LogP contribution in [0.3, 0.4) is 0 Å². The molecule has 0 saturated heterocycles. The van der Waals surface area contributed by atoms with Gasteiger partial charge in [-0.1, -0.05) is 90.0 Å². The molecule has 0 aromatic heterocycles. The Kier molecular flexibility index (Phi) is 8.42. The predicted octanol–water partition coefficient (Wildman–Crippen LogP) is 4.63. The van der Waals surface area contributed by atoms with Gasteiger partial charge in [-0.05, 0) is 30.5 Å². The number of benzene rings is 3. The highest BCUT2D eigenvalue weighted by atomic mass is 16.5. The highest BCUT2D eigenvalue weighted by Gasteiger charge is 2.24. The van der Waals surface area contributed by atoms with Gasteiger partial charge in [0, 0.05) is 12.8 Å². The van der Waals surface area contributed by atoms with Crippen molar-refractivity contribution < 1.29 is 19.7 Å². The van der Waals surface area contributed by atoms with Crippen molar-refractivity contribution >= 4 is 6.09 Å². The number of nitrogens with one attached hydrogen (secondary N) is 1. The molecule has 1 amide bonds. The first-order chi connectivity index (χ1) is 15.4. The van der Waals surface area contributed by atoms with Gasteiger partial charge in [-0.15, -0.1) is 0 Å². The number of hydrogen-bond acceptors (Lipinski definition) is 4. The lowest BCUT2D eigenvalue weighted by atomic mass is 9.94. The maximum Gasteiger partial charge on any atom is 0.407 e. The van der Waals surface area contributed by atoms with Crippen molar-refractivity contribution in [3.05, 3.63) is 107 Å². The molecular formula is C27H31NO4. The van der Waals surface area contributed by atoms with Crippen molar-refractivity contribution in [2.24, 2.45) is 0 Å². The molecule has 0 radical (unpaired) electrons. The van der Waals surface area contributed by atoms with E-state index in [0.29, 0.717) is 6.42 Å². The summed E-state index contributed by atoms with van der Waals surface area (Å²) < 4.78 is 5.35. The molecule has 0 aliphatic rings. The number of ether oxygens (including phenoxy) is 1. The van der Waals surface area contributed by atoms with Gasteiger partial charge in [0.05, 0.1) is 18.2 Å². The number of carbonyl (C=O) groups excluding carboxylic acids is 1. The van der Waals surface area contributed by atoms with Gasteiger partial charge in [0.2, 0.25) is 0 Å². The minimum Gasteiger partial charge on any atom is -0.445 e. The SMILES string of the molecule is Cc1cc(C)cc(CC(O)C(O)CC(NC(=O)OCc2ccccc2)c2ccccc2)c1. The van der Waals surface area contributed by atoms with Gasteiger partial charge in [-0.3, -0.25) is 0 Å². The summed E-state index contributed by atoms with van der Waals surface area (Å²) in [6.07, 6.45) is -2.04. The molecule has 3 aromatic carbocycles. The lowest BCUT2D eigenvalue weighted by Gasteiger charge is -2.25. The Bertz CT molecular complexity index is 971. The summed E-state index contributed by atoms with van der Waals surface area (Å²) in [6.45, 7) is 4.18. The van der Waals surface area contributed by atoms with Crippen molar-refractivity contribution in [1.82, 2.24) is 5.32 Å². The normalized spacial score (nSPS) is 13.8. The Hall–Kier alpha value is -3.15. The Balaban J connectivity index is 1.63. The average molecular weight is 434 g/mol. The number of carbonyl (C=O) groups is 1. The number of rotatable bonds is 9. The predicted molar refractivity (Wildman–Crippen MR) is 125 cm³/mol. The summed E-state index contributed by atoms with van der Waals surface area (Å²) in [5, 5.41) is 24.2. The maximum atomic E-state index is 12.4. The largest absolute Gasteiger partial charge is 0.445 e. The van der Waals surface area contributed by atoms with Gasteiger partial charge in [0.25, 0.3) is 0 Å². The van der Waals surface area contributed by atoms with E-state index in [9.17, 15) is 15.0 Å². The third-order valence-corrected chi connectivity index (χ3v) is 5.35. The number of aryl methyl sites for hydroxylation is 2. The first-order valence-electron chi connectivity index (χ1n) is 10.9. The Labute approximate surface area is 189 Å². The minimum absolute atomic E-state index is 0.159. The van der Waals surface area contributed by atoms with Crippen molar-refractivity contribution in [2.45, 2.75) is 51.5 Å². The number of aliphatic hydroxyl groups excluding tert-OH is 2. The van der Waals surface area contributed by atoms with Crippen LogP contribution in [0.2, 0.25) is 0 Å². The van der Waals surface area contributed by atoms with E-state index < -0.39 is 24.3 Å². The van der Waals surface area contributed by atoms with E-state index in [-0.39, 0.29) is 13.0 Å². The topological polar surface area (TPSA) is 78.8 Å². The number of hydrogen-bond donors (Lipinski definition) is 3. The van der Waals surface area contributed by atoms with Gasteiger partial charge in [-0.2, -0.15) is 0 Å². The van der Waals surface area contributed by atoms with Crippen molar-refractivity contribution in [2.75, 3.05) is 0 Å². The van der Waals surface area contributed by atoms with E-state index in [0.717, 1.165) is 27.8 Å². The molecule has 0 saturated carbocycles. The van der Waals surface area contributed by atoms with Crippen LogP contribution in [-0.4, -0.2) is 28.5 Å². The molecule has 32 heavy (non-hydrogen) atoms. The van der Waals surface area contributed by atoms with Crippen molar-refractivity contribution in [1.29, 1.82) is 0 Å². The minimum atomic E-state index is -1.02. The fourth-order valence-corrected chi connectivity index (χ4v) is 3.83. The highest BCUT2D eigenvalue weighted by Crippen LogP contribution is 2.22. The van der Waals surface area contributed by atoms with Crippen molar-refractivity contribution in [3.63, 3.8) is 0 Å². The third-order valence-electron chi connectivity index (χ3n) is 5.35. The number of aliphatic hydroxyl groups is 2. The second-order valence-electron chi connectivity index (χ2n) is 8.24. The first-order valence-corrected chi connectivity index (χ1v) is 10.9. The van der Waals surface area contributed by atoms with Gasteiger partial charge >= 0.3 is 6.09 Å². The highest BCUT2D eigenvalue weighted by molar-refractivity contribution is 5.68. The molecule has 0 heterocycles. The standard InChI is InChI=1S/C27H31NO4/c1-19-13-20(2)15-22(14-19)16-25(29)26(30)17-24(23-11-7-4-8-12-23)28-27(31)32-18-21-9-5-3-6-10-21/h3-15,24-26,29-30H,16-18H2,1-2H3,(H,28,31). The summed E-state index contributed by atoms with van der Waals surface area (Å²) >= 11 is 0. The summed E-state index contributed by atoms with van der Waals surface area (Å²) in [7, 11) is 0. The molecule has 0 fully saturated rings. The Morgan fingerprint density at radius 3 is 2.06 bits per heavy atom. The average Bonchev–Trinajstić information content (AvgIpc) is 2.77. The smallest absolute Gasteiger partial charge is 0.407 e. The van der Waals surface area contributed by atoms with E-state index in [4.69, 9.17) is 4.74 Å². The molecule has 3 atom stereocenters. The lowest BCUT2D eigenvalue weighted by Crippen LogP contribution is -2.36. The number of alkyl carbamates (subject to hydrolysis) is 1. The molecule has 5 nitrogen and oxygen atoms in total. The fourth-order valence-electron chi connectivity index (χ4n) is 3.83. The molecule has 0 aliphatic carbocycles. The van der Waals surface area contributed by atoms with Gasteiger partial charge < -0.3 is 20.3 Å². The van der Waals surface area contributed by atoms with Crippen LogP contribution in [0.4, 0.5) is 4.79 Å². The molecule has 0 aliphatic heterocycles. The second kappa shape index (κ2) is 11.5. The monoisotopic (exact) mass is 433 g/mol. The quantitative estimate of drug-likeness (QED) is 0.460. The summed E-state index contributed by atoms with van der Waals surface area (Å²) in [6, 6.07) is 24.4. The summed E-state index contributed by atoms with van der Waals surface area (Å²) in [4.78, 5) is 12.4. The molecule has 0 spiro atoms. The first kappa shape index (κ1) is 23.5. The molecule has 3 rings (SSSR count). The molecule has 3 unspecified atom stereocenters. The fraction of sp³-hybridized carbons (Fsp3) is 0.296. The molecule has 3 N–H and O–H groups in total. The van der Waals surface area contributed by atoms with Crippen LogP contribution in [-0.2, 0) is 17.8 Å².